The van der Waals surface area contributed by atoms with Crippen LogP contribution in [0.2, 0.25) is 0 Å². The third-order valence-corrected chi connectivity index (χ3v) is 4.46. The van der Waals surface area contributed by atoms with E-state index in [-0.39, 0.29) is 11.4 Å². The molecule has 0 aromatic carbocycles. The van der Waals surface area contributed by atoms with Gasteiger partial charge < -0.3 is 10.1 Å². The SMILES string of the molecule is CCc1ncc(S(=O)(=O)N[C@H](CCSC)C(=O)O)[nH]1. The lowest BCUT2D eigenvalue weighted by atomic mass is 10.2. The van der Waals surface area contributed by atoms with Gasteiger partial charge in [0, 0.05) is 6.42 Å². The summed E-state index contributed by atoms with van der Waals surface area (Å²) in [4.78, 5) is 17.5. The van der Waals surface area contributed by atoms with E-state index in [4.69, 9.17) is 5.11 Å². The molecule has 0 spiro atoms. The minimum Gasteiger partial charge on any atom is -0.480 e. The Labute approximate surface area is 116 Å². The van der Waals surface area contributed by atoms with Crippen LogP contribution in [0.1, 0.15) is 19.2 Å². The number of carboxylic acids is 1. The van der Waals surface area contributed by atoms with E-state index in [1.807, 2.05) is 13.2 Å². The van der Waals surface area contributed by atoms with E-state index in [1.54, 1.807) is 0 Å². The summed E-state index contributed by atoms with van der Waals surface area (Å²) in [6.07, 6.45) is 3.82. The summed E-state index contributed by atoms with van der Waals surface area (Å²) < 4.78 is 26.1. The average molecular weight is 307 g/mol. The summed E-state index contributed by atoms with van der Waals surface area (Å²) in [5.74, 6) is -0.0907. The Kier molecular flexibility index (Phi) is 5.83. The Balaban J connectivity index is 2.84. The number of carbonyl (C=O) groups is 1. The Morgan fingerprint density at radius 3 is 2.79 bits per heavy atom. The maximum absolute atomic E-state index is 12.0. The summed E-state index contributed by atoms with van der Waals surface area (Å²) in [7, 11) is -3.88. The minimum absolute atomic E-state index is 0.111. The predicted molar refractivity (Wildman–Crippen MR) is 72.7 cm³/mol. The Morgan fingerprint density at radius 2 is 2.32 bits per heavy atom. The van der Waals surface area contributed by atoms with Crippen LogP contribution < -0.4 is 4.72 Å². The normalized spacial score (nSPS) is 13.4. The van der Waals surface area contributed by atoms with Crippen LogP contribution in [-0.4, -0.2) is 47.5 Å². The number of aromatic nitrogens is 2. The van der Waals surface area contributed by atoms with Crippen molar-refractivity contribution in [3.63, 3.8) is 0 Å². The van der Waals surface area contributed by atoms with Gasteiger partial charge in [-0.1, -0.05) is 6.92 Å². The van der Waals surface area contributed by atoms with E-state index in [2.05, 4.69) is 14.7 Å². The number of imidazole rings is 1. The first kappa shape index (κ1) is 16.0. The summed E-state index contributed by atoms with van der Waals surface area (Å²) in [6, 6.07) is -1.13. The highest BCUT2D eigenvalue weighted by Gasteiger charge is 2.26. The van der Waals surface area contributed by atoms with E-state index in [1.165, 1.54) is 18.0 Å². The zero-order valence-electron chi connectivity index (χ0n) is 10.7. The first-order valence-electron chi connectivity index (χ1n) is 5.68. The lowest BCUT2D eigenvalue weighted by Gasteiger charge is -2.13. The van der Waals surface area contributed by atoms with E-state index in [0.29, 0.717) is 18.0 Å². The molecular formula is C10H17N3O4S2. The molecular weight excluding hydrogens is 290 g/mol. The molecule has 0 bridgehead atoms. The van der Waals surface area contributed by atoms with Crippen molar-refractivity contribution < 1.29 is 18.3 Å². The molecule has 0 fully saturated rings. The second kappa shape index (κ2) is 6.92. The number of aliphatic carboxylic acids is 1. The number of sulfonamides is 1. The van der Waals surface area contributed by atoms with Crippen molar-refractivity contribution in [2.75, 3.05) is 12.0 Å². The van der Waals surface area contributed by atoms with Crippen LogP contribution in [-0.2, 0) is 21.2 Å². The summed E-state index contributed by atoms with van der Waals surface area (Å²) in [5.41, 5.74) is 0. The maximum Gasteiger partial charge on any atom is 0.321 e. The number of hydrogen-bond donors (Lipinski definition) is 3. The van der Waals surface area contributed by atoms with Crippen LogP contribution in [0.25, 0.3) is 0 Å². The predicted octanol–water partition coefficient (Wildman–Crippen LogP) is 0.457. The van der Waals surface area contributed by atoms with Gasteiger partial charge in [0.25, 0.3) is 10.0 Å². The lowest BCUT2D eigenvalue weighted by Crippen LogP contribution is -2.41. The quantitative estimate of drug-likeness (QED) is 0.643. The van der Waals surface area contributed by atoms with Gasteiger partial charge in [0.15, 0.2) is 5.03 Å². The molecule has 3 N–H and O–H groups in total. The fourth-order valence-corrected chi connectivity index (χ4v) is 3.01. The number of hydrogen-bond acceptors (Lipinski definition) is 5. The van der Waals surface area contributed by atoms with Gasteiger partial charge in [0.1, 0.15) is 11.9 Å². The number of rotatable bonds is 8. The number of nitrogens with one attached hydrogen (secondary N) is 2. The molecule has 0 saturated heterocycles. The highest BCUT2D eigenvalue weighted by atomic mass is 32.2. The van der Waals surface area contributed by atoms with Gasteiger partial charge in [-0.15, -0.1) is 0 Å². The van der Waals surface area contributed by atoms with Crippen molar-refractivity contribution >= 4 is 27.8 Å². The van der Waals surface area contributed by atoms with Crippen molar-refractivity contribution in [2.24, 2.45) is 0 Å². The number of thioether (sulfide) groups is 1. The van der Waals surface area contributed by atoms with Crippen LogP contribution in [0.3, 0.4) is 0 Å². The van der Waals surface area contributed by atoms with E-state index >= 15 is 0 Å². The highest BCUT2D eigenvalue weighted by Crippen LogP contribution is 2.09. The Bertz CT molecular complexity index is 527. The minimum atomic E-state index is -3.88. The van der Waals surface area contributed by atoms with Crippen molar-refractivity contribution in [3.8, 4) is 0 Å². The zero-order valence-corrected chi connectivity index (χ0v) is 12.3. The molecule has 0 saturated carbocycles. The molecule has 7 nitrogen and oxygen atoms in total. The second-order valence-electron chi connectivity index (χ2n) is 3.84. The Hall–Kier alpha value is -1.06. The third kappa shape index (κ3) is 4.51. The largest absolute Gasteiger partial charge is 0.480 e. The first-order valence-corrected chi connectivity index (χ1v) is 8.56. The fourth-order valence-electron chi connectivity index (χ4n) is 1.38. The lowest BCUT2D eigenvalue weighted by molar-refractivity contribution is -0.139. The summed E-state index contributed by atoms with van der Waals surface area (Å²) >= 11 is 1.46. The molecule has 108 valence electrons. The molecule has 0 amide bonds. The van der Waals surface area contributed by atoms with Gasteiger partial charge in [0.2, 0.25) is 0 Å². The second-order valence-corrected chi connectivity index (χ2v) is 6.51. The zero-order chi connectivity index (χ0) is 14.5. The highest BCUT2D eigenvalue weighted by molar-refractivity contribution is 7.98. The van der Waals surface area contributed by atoms with E-state index in [0.717, 1.165) is 0 Å². The fraction of sp³-hybridized carbons (Fsp3) is 0.600. The van der Waals surface area contributed by atoms with Gasteiger partial charge in [-0.2, -0.15) is 16.5 Å². The molecule has 0 aliphatic rings. The van der Waals surface area contributed by atoms with Gasteiger partial charge in [-0.05, 0) is 18.4 Å². The molecule has 1 rings (SSSR count). The third-order valence-electron chi connectivity index (χ3n) is 2.44. The van der Waals surface area contributed by atoms with Crippen molar-refractivity contribution in [2.45, 2.75) is 30.8 Å². The molecule has 1 aromatic heterocycles. The smallest absolute Gasteiger partial charge is 0.321 e. The summed E-state index contributed by atoms with van der Waals surface area (Å²) in [5, 5.41) is 8.89. The van der Waals surface area contributed by atoms with Crippen LogP contribution in [0.5, 0.6) is 0 Å². The van der Waals surface area contributed by atoms with Crippen LogP contribution in [0.15, 0.2) is 11.2 Å². The monoisotopic (exact) mass is 307 g/mol. The average Bonchev–Trinajstić information content (AvgIpc) is 2.83. The van der Waals surface area contributed by atoms with E-state index in [9.17, 15) is 13.2 Å². The Morgan fingerprint density at radius 1 is 1.63 bits per heavy atom. The van der Waals surface area contributed by atoms with Crippen molar-refractivity contribution in [3.05, 3.63) is 12.0 Å². The summed E-state index contributed by atoms with van der Waals surface area (Å²) in [6.45, 7) is 1.83. The molecule has 0 radical (unpaired) electrons. The molecule has 0 aliphatic heterocycles. The van der Waals surface area contributed by atoms with Gasteiger partial charge in [-0.25, -0.2) is 13.4 Å². The number of aryl methyl sites for hydroxylation is 1. The molecule has 1 aromatic rings. The first-order chi connectivity index (χ1) is 8.90. The molecule has 19 heavy (non-hydrogen) atoms. The van der Waals surface area contributed by atoms with E-state index < -0.39 is 22.0 Å². The topological polar surface area (TPSA) is 112 Å². The molecule has 0 unspecified atom stereocenters. The van der Waals surface area contributed by atoms with Crippen LogP contribution in [0.4, 0.5) is 0 Å². The number of carboxylic acid groups (broad SMARTS) is 1. The maximum atomic E-state index is 12.0. The van der Waals surface area contributed by atoms with Gasteiger partial charge in [0.05, 0.1) is 6.20 Å². The standard InChI is InChI=1S/C10H17N3O4S2/c1-3-8-11-6-9(12-8)19(16,17)13-7(10(14)15)4-5-18-2/h6-7,13H,3-5H2,1-2H3,(H,11,12)(H,14,15)/t7-/m1/s1. The van der Waals surface area contributed by atoms with Crippen LogP contribution in [0, 0.1) is 0 Å². The van der Waals surface area contributed by atoms with Crippen molar-refractivity contribution in [1.29, 1.82) is 0 Å². The van der Waals surface area contributed by atoms with Crippen molar-refractivity contribution in [1.82, 2.24) is 14.7 Å². The number of H-pyrrole nitrogens is 1. The molecule has 0 aliphatic carbocycles. The van der Waals surface area contributed by atoms with Gasteiger partial charge in [-0.3, -0.25) is 4.79 Å². The van der Waals surface area contributed by atoms with Gasteiger partial charge >= 0.3 is 5.97 Å². The van der Waals surface area contributed by atoms with Crippen LogP contribution >= 0.6 is 11.8 Å². The molecule has 1 heterocycles. The number of aromatic amines is 1. The molecule has 9 heteroatoms. The number of nitrogens with zero attached hydrogens (tertiary/aromatic N) is 1. The molecule has 1 atom stereocenters.